The lowest BCUT2D eigenvalue weighted by atomic mass is 10.2. The van der Waals surface area contributed by atoms with Crippen molar-refractivity contribution in [3.8, 4) is 5.75 Å². The Morgan fingerprint density at radius 2 is 1.90 bits per heavy atom. The monoisotopic (exact) mass is 311 g/mol. The Hall–Kier alpha value is -1.81. The minimum atomic E-state index is -0.851. The summed E-state index contributed by atoms with van der Waals surface area (Å²) in [5.74, 6) is -1.06. The van der Waals surface area contributed by atoms with Crippen molar-refractivity contribution in [1.82, 2.24) is 0 Å². The molecule has 0 aliphatic rings. The molecule has 112 valence electrons. The van der Waals surface area contributed by atoms with Crippen LogP contribution in [-0.4, -0.2) is 6.61 Å². The van der Waals surface area contributed by atoms with Gasteiger partial charge in [-0.2, -0.15) is 0 Å². The van der Waals surface area contributed by atoms with E-state index >= 15 is 0 Å². The van der Waals surface area contributed by atoms with Gasteiger partial charge in [0.15, 0.2) is 11.6 Å². The highest BCUT2D eigenvalue weighted by atomic mass is 35.5. The number of ether oxygens (including phenoxy) is 1. The van der Waals surface area contributed by atoms with E-state index in [1.165, 1.54) is 12.1 Å². The molecular weight excluding hydrogens is 296 g/mol. The van der Waals surface area contributed by atoms with Crippen molar-refractivity contribution in [2.75, 3.05) is 11.9 Å². The summed E-state index contributed by atoms with van der Waals surface area (Å²) in [6.45, 7) is 3.01. The summed E-state index contributed by atoms with van der Waals surface area (Å²) >= 11 is 6.12. The van der Waals surface area contributed by atoms with Crippen LogP contribution in [0.15, 0.2) is 36.4 Å². The van der Waals surface area contributed by atoms with E-state index in [-0.39, 0.29) is 0 Å². The first kappa shape index (κ1) is 15.6. The van der Waals surface area contributed by atoms with Crippen molar-refractivity contribution in [1.29, 1.82) is 0 Å². The number of hydrogen-bond acceptors (Lipinski definition) is 2. The number of halogens is 3. The number of hydrogen-bond donors (Lipinski definition) is 1. The van der Waals surface area contributed by atoms with Crippen molar-refractivity contribution in [2.45, 2.75) is 19.9 Å². The van der Waals surface area contributed by atoms with Crippen LogP contribution in [0.2, 0.25) is 5.02 Å². The van der Waals surface area contributed by atoms with E-state index in [9.17, 15) is 8.78 Å². The second-order valence-corrected chi connectivity index (χ2v) is 5.00. The third-order valence-corrected chi connectivity index (χ3v) is 3.17. The molecule has 0 saturated carbocycles. The quantitative estimate of drug-likeness (QED) is 0.809. The smallest absolute Gasteiger partial charge is 0.159 e. The number of benzene rings is 2. The van der Waals surface area contributed by atoms with Crippen LogP contribution in [-0.2, 0) is 6.54 Å². The fraction of sp³-hybridized carbons (Fsp3) is 0.250. The summed E-state index contributed by atoms with van der Waals surface area (Å²) in [6, 6.07) is 9.17. The van der Waals surface area contributed by atoms with Crippen LogP contribution >= 0.6 is 11.6 Å². The van der Waals surface area contributed by atoms with E-state index in [0.717, 1.165) is 18.2 Å². The molecule has 0 aliphatic heterocycles. The molecule has 0 amide bonds. The molecule has 0 aliphatic carbocycles. The molecule has 0 heterocycles. The van der Waals surface area contributed by atoms with Crippen LogP contribution in [0.1, 0.15) is 18.9 Å². The zero-order valence-electron chi connectivity index (χ0n) is 11.6. The van der Waals surface area contributed by atoms with Crippen molar-refractivity contribution in [2.24, 2.45) is 0 Å². The van der Waals surface area contributed by atoms with Crippen LogP contribution in [0.5, 0.6) is 5.75 Å². The summed E-state index contributed by atoms with van der Waals surface area (Å²) in [4.78, 5) is 0. The van der Waals surface area contributed by atoms with Gasteiger partial charge in [0.1, 0.15) is 5.75 Å². The first-order chi connectivity index (χ1) is 10.1. The highest BCUT2D eigenvalue weighted by molar-refractivity contribution is 6.32. The van der Waals surface area contributed by atoms with Gasteiger partial charge in [-0.3, -0.25) is 0 Å². The maximum atomic E-state index is 13.1. The Balaban J connectivity index is 1.99. The van der Waals surface area contributed by atoms with Gasteiger partial charge in [0.05, 0.1) is 11.6 Å². The minimum Gasteiger partial charge on any atom is -0.492 e. The summed E-state index contributed by atoms with van der Waals surface area (Å²) in [5.41, 5.74) is 1.44. The van der Waals surface area contributed by atoms with Gasteiger partial charge in [-0.05, 0) is 42.3 Å². The van der Waals surface area contributed by atoms with Gasteiger partial charge in [-0.25, -0.2) is 8.78 Å². The third-order valence-electron chi connectivity index (χ3n) is 2.87. The molecule has 0 radical (unpaired) electrons. The van der Waals surface area contributed by atoms with E-state index in [4.69, 9.17) is 16.3 Å². The molecule has 0 fully saturated rings. The minimum absolute atomic E-state index is 0.378. The molecular formula is C16H16ClF2NO. The van der Waals surface area contributed by atoms with Crippen molar-refractivity contribution in [3.63, 3.8) is 0 Å². The van der Waals surface area contributed by atoms with E-state index in [2.05, 4.69) is 5.32 Å². The maximum Gasteiger partial charge on any atom is 0.159 e. The van der Waals surface area contributed by atoms with E-state index in [1.807, 2.05) is 13.0 Å². The maximum absolute atomic E-state index is 13.1. The summed E-state index contributed by atoms with van der Waals surface area (Å²) in [5, 5.41) is 3.62. The summed E-state index contributed by atoms with van der Waals surface area (Å²) in [7, 11) is 0. The topological polar surface area (TPSA) is 21.3 Å². The fourth-order valence-electron chi connectivity index (χ4n) is 1.79. The Bertz CT molecular complexity index is 619. The lowest BCUT2D eigenvalue weighted by Gasteiger charge is -2.10. The highest BCUT2D eigenvalue weighted by Gasteiger charge is 2.05. The standard InChI is InChI=1S/C16H16ClF2NO/c1-2-7-21-16-6-4-12(9-13(16)17)20-10-11-3-5-14(18)15(19)8-11/h3-6,8-9,20H,2,7,10H2,1H3. The Morgan fingerprint density at radius 1 is 1.10 bits per heavy atom. The third kappa shape index (κ3) is 4.33. The molecule has 2 aromatic rings. The predicted octanol–water partition coefficient (Wildman–Crippen LogP) is 5.02. The van der Waals surface area contributed by atoms with Crippen molar-refractivity contribution < 1.29 is 13.5 Å². The second-order valence-electron chi connectivity index (χ2n) is 4.60. The average molecular weight is 312 g/mol. The molecule has 0 saturated heterocycles. The second kappa shape index (κ2) is 7.27. The Kier molecular flexibility index (Phi) is 5.39. The number of anilines is 1. The van der Waals surface area contributed by atoms with Crippen LogP contribution in [0, 0.1) is 11.6 Å². The van der Waals surface area contributed by atoms with Gasteiger partial charge in [0.2, 0.25) is 0 Å². The fourth-order valence-corrected chi connectivity index (χ4v) is 2.03. The molecule has 0 aromatic heterocycles. The van der Waals surface area contributed by atoms with Crippen LogP contribution in [0.25, 0.3) is 0 Å². The lowest BCUT2D eigenvalue weighted by molar-refractivity contribution is 0.317. The van der Waals surface area contributed by atoms with Crippen molar-refractivity contribution >= 4 is 17.3 Å². The highest BCUT2D eigenvalue weighted by Crippen LogP contribution is 2.28. The number of nitrogens with one attached hydrogen (secondary N) is 1. The van der Waals surface area contributed by atoms with Gasteiger partial charge in [-0.1, -0.05) is 24.6 Å². The molecule has 5 heteroatoms. The lowest BCUT2D eigenvalue weighted by Crippen LogP contribution is -2.01. The molecule has 0 atom stereocenters. The van der Waals surface area contributed by atoms with E-state index < -0.39 is 11.6 Å². The van der Waals surface area contributed by atoms with E-state index in [0.29, 0.717) is 29.5 Å². The zero-order valence-corrected chi connectivity index (χ0v) is 12.4. The molecule has 2 nitrogen and oxygen atoms in total. The Morgan fingerprint density at radius 3 is 2.57 bits per heavy atom. The first-order valence-electron chi connectivity index (χ1n) is 6.70. The largest absolute Gasteiger partial charge is 0.492 e. The van der Waals surface area contributed by atoms with Crippen LogP contribution < -0.4 is 10.1 Å². The molecule has 2 rings (SSSR count). The van der Waals surface area contributed by atoms with Crippen molar-refractivity contribution in [3.05, 3.63) is 58.6 Å². The molecule has 0 unspecified atom stereocenters. The molecule has 0 spiro atoms. The first-order valence-corrected chi connectivity index (χ1v) is 7.08. The van der Waals surface area contributed by atoms with Crippen LogP contribution in [0.4, 0.5) is 14.5 Å². The molecule has 1 N–H and O–H groups in total. The summed E-state index contributed by atoms with van der Waals surface area (Å²) in [6.07, 6.45) is 0.909. The van der Waals surface area contributed by atoms with E-state index in [1.54, 1.807) is 12.1 Å². The van der Waals surface area contributed by atoms with Gasteiger partial charge in [0.25, 0.3) is 0 Å². The zero-order chi connectivity index (χ0) is 15.2. The SMILES string of the molecule is CCCOc1ccc(NCc2ccc(F)c(F)c2)cc1Cl. The summed E-state index contributed by atoms with van der Waals surface area (Å²) < 4.78 is 31.4. The molecule has 2 aromatic carbocycles. The average Bonchev–Trinajstić information content (AvgIpc) is 2.47. The van der Waals surface area contributed by atoms with Crippen LogP contribution in [0.3, 0.4) is 0 Å². The van der Waals surface area contributed by atoms with Gasteiger partial charge in [0, 0.05) is 12.2 Å². The van der Waals surface area contributed by atoms with Gasteiger partial charge in [-0.15, -0.1) is 0 Å². The van der Waals surface area contributed by atoms with Gasteiger partial charge < -0.3 is 10.1 Å². The molecule has 0 bridgehead atoms. The Labute approximate surface area is 127 Å². The predicted molar refractivity (Wildman–Crippen MR) is 80.9 cm³/mol. The van der Waals surface area contributed by atoms with Gasteiger partial charge >= 0.3 is 0 Å². The normalized spacial score (nSPS) is 10.5. The number of rotatable bonds is 6. The molecule has 21 heavy (non-hydrogen) atoms.